The van der Waals surface area contributed by atoms with E-state index in [1.54, 1.807) is 0 Å². The summed E-state index contributed by atoms with van der Waals surface area (Å²) in [5.41, 5.74) is -1.06. The highest BCUT2D eigenvalue weighted by atomic mass is 19.1. The number of carbonyl (C=O) groups is 2. The van der Waals surface area contributed by atoms with Gasteiger partial charge in [0.25, 0.3) is 0 Å². The van der Waals surface area contributed by atoms with E-state index in [0.29, 0.717) is 0 Å². The average molecular weight is 274 g/mol. The van der Waals surface area contributed by atoms with Gasteiger partial charge in [-0.15, -0.1) is 0 Å². The maximum absolute atomic E-state index is 13.8. The molecule has 1 aliphatic carbocycles. The average Bonchev–Trinajstić information content (AvgIpc) is 2.46. The lowest BCUT2D eigenvalue weighted by Gasteiger charge is -2.20. The summed E-state index contributed by atoms with van der Waals surface area (Å²) in [6, 6.07) is 6.08. The molecular weight excluding hydrogens is 266 g/mol. The summed E-state index contributed by atoms with van der Waals surface area (Å²) >= 11 is 0. The maximum atomic E-state index is 13.8. The first kappa shape index (κ1) is 12.5. The van der Waals surface area contributed by atoms with Crippen molar-refractivity contribution in [3.05, 3.63) is 64.2 Å². The molecule has 3 rings (SSSR count). The van der Waals surface area contributed by atoms with Gasteiger partial charge in [0.15, 0.2) is 5.78 Å². The van der Waals surface area contributed by atoms with E-state index in [4.69, 9.17) is 4.74 Å². The molecule has 5 heteroatoms. The van der Waals surface area contributed by atoms with E-state index in [-0.39, 0.29) is 16.9 Å². The Labute approximate surface area is 112 Å². The molecule has 0 unspecified atom stereocenters. The molecular formula is C15H8F2O3. The number of rotatable bonds is 1. The zero-order chi connectivity index (χ0) is 14.4. The van der Waals surface area contributed by atoms with E-state index in [9.17, 15) is 18.4 Å². The van der Waals surface area contributed by atoms with E-state index < -0.39 is 34.3 Å². The quantitative estimate of drug-likeness (QED) is 0.685. The van der Waals surface area contributed by atoms with Gasteiger partial charge in [0.1, 0.15) is 17.4 Å². The molecule has 20 heavy (non-hydrogen) atoms. The van der Waals surface area contributed by atoms with Crippen molar-refractivity contribution in [3.63, 3.8) is 0 Å². The minimum absolute atomic E-state index is 0.0198. The minimum Gasteiger partial charge on any atom is -0.496 e. The first-order valence-electron chi connectivity index (χ1n) is 5.80. The Morgan fingerprint density at radius 1 is 0.850 bits per heavy atom. The molecule has 2 aromatic rings. The highest BCUT2D eigenvalue weighted by Crippen LogP contribution is 2.35. The SMILES string of the molecule is COc1cccc2c1C(=O)c1c(F)ccc(F)c1C2=O. The largest absolute Gasteiger partial charge is 0.496 e. The number of ketones is 2. The summed E-state index contributed by atoms with van der Waals surface area (Å²) in [5.74, 6) is -3.13. The molecule has 1 aliphatic rings. The topological polar surface area (TPSA) is 43.4 Å². The normalized spacial score (nSPS) is 12.9. The molecule has 0 spiro atoms. The van der Waals surface area contributed by atoms with Crippen molar-refractivity contribution in [1.29, 1.82) is 0 Å². The Morgan fingerprint density at radius 2 is 1.45 bits per heavy atom. The lowest BCUT2D eigenvalue weighted by Crippen LogP contribution is -2.24. The van der Waals surface area contributed by atoms with Gasteiger partial charge in [-0.3, -0.25) is 9.59 Å². The summed E-state index contributed by atoms with van der Waals surface area (Å²) in [4.78, 5) is 24.6. The van der Waals surface area contributed by atoms with Crippen LogP contribution in [-0.2, 0) is 0 Å². The lowest BCUT2D eigenvalue weighted by atomic mass is 9.83. The second kappa shape index (κ2) is 4.23. The van der Waals surface area contributed by atoms with Crippen LogP contribution >= 0.6 is 0 Å². The second-order valence-electron chi connectivity index (χ2n) is 4.32. The van der Waals surface area contributed by atoms with Crippen LogP contribution in [0.3, 0.4) is 0 Å². The van der Waals surface area contributed by atoms with Crippen molar-refractivity contribution in [2.45, 2.75) is 0 Å². The Kier molecular flexibility index (Phi) is 2.64. The minimum atomic E-state index is -0.920. The van der Waals surface area contributed by atoms with Crippen LogP contribution in [0.2, 0.25) is 0 Å². The number of benzene rings is 2. The zero-order valence-electron chi connectivity index (χ0n) is 10.4. The molecule has 3 nitrogen and oxygen atoms in total. The van der Waals surface area contributed by atoms with Crippen LogP contribution in [0.1, 0.15) is 31.8 Å². The number of fused-ring (bicyclic) bond motifs is 2. The van der Waals surface area contributed by atoms with Crippen molar-refractivity contribution in [2.75, 3.05) is 7.11 Å². The van der Waals surface area contributed by atoms with E-state index >= 15 is 0 Å². The Balaban J connectivity index is 2.40. The number of methoxy groups -OCH3 is 1. The van der Waals surface area contributed by atoms with Crippen LogP contribution in [0.15, 0.2) is 30.3 Å². The highest BCUT2D eigenvalue weighted by molar-refractivity contribution is 6.29. The summed E-state index contributed by atoms with van der Waals surface area (Å²) in [6.07, 6.45) is 0. The van der Waals surface area contributed by atoms with E-state index in [2.05, 4.69) is 0 Å². The monoisotopic (exact) mass is 274 g/mol. The number of ether oxygens (including phenoxy) is 1. The molecule has 0 radical (unpaired) electrons. The van der Waals surface area contributed by atoms with Gasteiger partial charge in [-0.25, -0.2) is 8.78 Å². The fourth-order valence-corrected chi connectivity index (χ4v) is 2.38. The van der Waals surface area contributed by atoms with Crippen molar-refractivity contribution in [2.24, 2.45) is 0 Å². The van der Waals surface area contributed by atoms with Crippen LogP contribution in [0.4, 0.5) is 8.78 Å². The molecule has 0 atom stereocenters. The molecule has 100 valence electrons. The van der Waals surface area contributed by atoms with Gasteiger partial charge >= 0.3 is 0 Å². The number of halogens is 2. The first-order valence-corrected chi connectivity index (χ1v) is 5.80. The highest BCUT2D eigenvalue weighted by Gasteiger charge is 2.36. The van der Waals surface area contributed by atoms with Crippen LogP contribution < -0.4 is 4.74 Å². The molecule has 0 bridgehead atoms. The third-order valence-electron chi connectivity index (χ3n) is 3.28. The van der Waals surface area contributed by atoms with Crippen molar-refractivity contribution >= 4 is 11.6 Å². The predicted octanol–water partition coefficient (Wildman–Crippen LogP) is 2.75. The molecule has 0 aromatic heterocycles. The van der Waals surface area contributed by atoms with Crippen LogP contribution in [0, 0.1) is 11.6 Å². The van der Waals surface area contributed by atoms with Crippen molar-refractivity contribution < 1.29 is 23.1 Å². The summed E-state index contributed by atoms with van der Waals surface area (Å²) in [5, 5.41) is 0. The van der Waals surface area contributed by atoms with Gasteiger partial charge in [-0.2, -0.15) is 0 Å². The predicted molar refractivity (Wildman–Crippen MR) is 66.2 cm³/mol. The standard InChI is InChI=1S/C15H8F2O3/c1-20-10-4-2-3-7-11(10)15(19)13-9(17)6-5-8(16)12(13)14(7)18/h2-6H,1H3. The van der Waals surface area contributed by atoms with Crippen LogP contribution in [-0.4, -0.2) is 18.7 Å². The van der Waals surface area contributed by atoms with Gasteiger partial charge < -0.3 is 4.74 Å². The Morgan fingerprint density at radius 3 is 2.05 bits per heavy atom. The van der Waals surface area contributed by atoms with Crippen molar-refractivity contribution in [3.8, 4) is 5.75 Å². The molecule has 0 aliphatic heterocycles. The van der Waals surface area contributed by atoms with E-state index in [1.165, 1.54) is 25.3 Å². The van der Waals surface area contributed by atoms with Gasteiger partial charge in [0.2, 0.25) is 5.78 Å². The van der Waals surface area contributed by atoms with Crippen LogP contribution in [0.25, 0.3) is 0 Å². The fraction of sp³-hybridized carbons (Fsp3) is 0.0667. The van der Waals surface area contributed by atoms with Gasteiger partial charge in [-0.1, -0.05) is 12.1 Å². The third kappa shape index (κ3) is 1.49. The molecule has 0 saturated heterocycles. The van der Waals surface area contributed by atoms with Gasteiger partial charge in [0, 0.05) is 5.56 Å². The molecule has 0 saturated carbocycles. The molecule has 0 fully saturated rings. The third-order valence-corrected chi connectivity index (χ3v) is 3.28. The molecule has 0 amide bonds. The fourth-order valence-electron chi connectivity index (χ4n) is 2.38. The molecule has 2 aromatic carbocycles. The second-order valence-corrected chi connectivity index (χ2v) is 4.32. The summed E-state index contributed by atoms with van der Waals surface area (Å²) in [7, 11) is 1.34. The Hall–Kier alpha value is -2.56. The van der Waals surface area contributed by atoms with Crippen LogP contribution in [0.5, 0.6) is 5.75 Å². The lowest BCUT2D eigenvalue weighted by molar-refractivity contribution is 0.0969. The van der Waals surface area contributed by atoms with Gasteiger partial charge in [-0.05, 0) is 18.2 Å². The number of hydrogen-bond acceptors (Lipinski definition) is 3. The van der Waals surface area contributed by atoms with E-state index in [0.717, 1.165) is 12.1 Å². The summed E-state index contributed by atoms with van der Waals surface area (Å²) in [6.45, 7) is 0. The first-order chi connectivity index (χ1) is 9.56. The summed E-state index contributed by atoms with van der Waals surface area (Å²) < 4.78 is 32.6. The molecule has 0 N–H and O–H groups in total. The number of carbonyl (C=O) groups excluding carboxylic acids is 2. The van der Waals surface area contributed by atoms with E-state index in [1.807, 2.05) is 0 Å². The molecule has 0 heterocycles. The number of hydrogen-bond donors (Lipinski definition) is 0. The Bertz CT molecular complexity index is 766. The smallest absolute Gasteiger partial charge is 0.201 e. The zero-order valence-corrected chi connectivity index (χ0v) is 10.4. The van der Waals surface area contributed by atoms with Gasteiger partial charge in [0.05, 0.1) is 23.8 Å². The van der Waals surface area contributed by atoms with Crippen molar-refractivity contribution in [1.82, 2.24) is 0 Å². The maximum Gasteiger partial charge on any atom is 0.201 e.